The van der Waals surface area contributed by atoms with Crippen molar-refractivity contribution in [1.82, 2.24) is 0 Å². The van der Waals surface area contributed by atoms with Gasteiger partial charge in [0, 0.05) is 18.3 Å². The highest BCUT2D eigenvalue weighted by molar-refractivity contribution is 5.81. The Balaban J connectivity index is 1.78. The van der Waals surface area contributed by atoms with Gasteiger partial charge in [-0.2, -0.15) is 0 Å². The second kappa shape index (κ2) is 4.85. The molecule has 2 aliphatic carbocycles. The van der Waals surface area contributed by atoms with Crippen LogP contribution in [0.1, 0.15) is 49.1 Å². The quantitative estimate of drug-likeness (QED) is 0.868. The van der Waals surface area contributed by atoms with Crippen molar-refractivity contribution < 1.29 is 9.90 Å². The van der Waals surface area contributed by atoms with E-state index in [9.17, 15) is 9.90 Å². The van der Waals surface area contributed by atoms with E-state index in [1.165, 1.54) is 17.5 Å². The highest BCUT2D eigenvalue weighted by atomic mass is 16.3. The smallest absolute Gasteiger partial charge is 0.135 e. The molecule has 0 bridgehead atoms. The molecule has 1 aromatic carbocycles. The van der Waals surface area contributed by atoms with Gasteiger partial charge < -0.3 is 5.11 Å². The molecule has 0 saturated heterocycles. The molecule has 3 atom stereocenters. The predicted octanol–water partition coefficient (Wildman–Crippen LogP) is 2.84. The average molecular weight is 244 g/mol. The predicted molar refractivity (Wildman–Crippen MR) is 70.5 cm³/mol. The molecule has 0 aliphatic heterocycles. The fraction of sp³-hybridized carbons (Fsp3) is 0.562. The number of aliphatic hydroxyl groups is 1. The number of Topliss-reactive ketones (excluding diaryl/α,β-unsaturated/α-hetero) is 1. The van der Waals surface area contributed by atoms with Crippen LogP contribution in [0.4, 0.5) is 0 Å². The fourth-order valence-electron chi connectivity index (χ4n) is 3.55. The van der Waals surface area contributed by atoms with Crippen LogP contribution in [-0.4, -0.2) is 17.0 Å². The number of hydrogen-bond donors (Lipinski definition) is 1. The first-order valence-electron chi connectivity index (χ1n) is 7.04. The van der Waals surface area contributed by atoms with Crippen LogP contribution in [-0.2, 0) is 11.2 Å². The number of ketones is 1. The first-order chi connectivity index (χ1) is 8.75. The number of hydrogen-bond acceptors (Lipinski definition) is 2. The van der Waals surface area contributed by atoms with E-state index < -0.39 is 0 Å². The van der Waals surface area contributed by atoms with Crippen molar-refractivity contribution in [3.05, 3.63) is 35.4 Å². The van der Waals surface area contributed by atoms with Crippen molar-refractivity contribution in [2.24, 2.45) is 5.92 Å². The molecule has 18 heavy (non-hydrogen) atoms. The molecule has 1 fully saturated rings. The maximum absolute atomic E-state index is 11.9. The molecule has 1 unspecified atom stereocenters. The second-order valence-corrected chi connectivity index (χ2v) is 5.72. The molecule has 2 nitrogen and oxygen atoms in total. The summed E-state index contributed by atoms with van der Waals surface area (Å²) in [6.07, 6.45) is 5.29. The van der Waals surface area contributed by atoms with Crippen LogP contribution in [0.25, 0.3) is 0 Å². The standard InChI is InChI=1S/C16H20O2/c17-15-8-4-2-6-12(15)9-14-13-7-3-1-5-11(13)10-16(14)18/h1,3,5,7,12,14,16,18H,2,4,6,8-10H2/t12?,14-,16+/m0/s1. The van der Waals surface area contributed by atoms with Gasteiger partial charge in [0.05, 0.1) is 6.10 Å². The van der Waals surface area contributed by atoms with Gasteiger partial charge in [-0.3, -0.25) is 4.79 Å². The summed E-state index contributed by atoms with van der Waals surface area (Å²) in [4.78, 5) is 11.9. The lowest BCUT2D eigenvalue weighted by Gasteiger charge is -2.25. The summed E-state index contributed by atoms with van der Waals surface area (Å²) in [6, 6.07) is 8.27. The topological polar surface area (TPSA) is 37.3 Å². The summed E-state index contributed by atoms with van der Waals surface area (Å²) < 4.78 is 0. The molecule has 0 aromatic heterocycles. The van der Waals surface area contributed by atoms with Crippen molar-refractivity contribution in [2.75, 3.05) is 0 Å². The highest BCUT2D eigenvalue weighted by Gasteiger charge is 2.34. The molecule has 3 rings (SSSR count). The minimum atomic E-state index is -0.294. The van der Waals surface area contributed by atoms with Crippen molar-refractivity contribution in [3.8, 4) is 0 Å². The van der Waals surface area contributed by atoms with Crippen molar-refractivity contribution in [3.63, 3.8) is 0 Å². The largest absolute Gasteiger partial charge is 0.392 e. The Morgan fingerprint density at radius 3 is 2.89 bits per heavy atom. The number of carbonyl (C=O) groups excluding carboxylic acids is 1. The Labute approximate surface area is 108 Å². The zero-order valence-corrected chi connectivity index (χ0v) is 10.6. The molecule has 1 saturated carbocycles. The van der Waals surface area contributed by atoms with Crippen LogP contribution in [0.15, 0.2) is 24.3 Å². The van der Waals surface area contributed by atoms with E-state index in [4.69, 9.17) is 0 Å². The van der Waals surface area contributed by atoms with Crippen molar-refractivity contribution >= 4 is 5.78 Å². The molecule has 1 N–H and O–H groups in total. The number of carbonyl (C=O) groups is 1. The van der Waals surface area contributed by atoms with Gasteiger partial charge in [-0.05, 0) is 36.8 Å². The molecule has 1 aromatic rings. The van der Waals surface area contributed by atoms with Gasteiger partial charge in [0.15, 0.2) is 0 Å². The summed E-state index contributed by atoms with van der Waals surface area (Å²) in [5.74, 6) is 0.774. The van der Waals surface area contributed by atoms with E-state index in [1.807, 2.05) is 12.1 Å². The maximum atomic E-state index is 11.9. The van der Waals surface area contributed by atoms with Crippen LogP contribution < -0.4 is 0 Å². The van der Waals surface area contributed by atoms with Gasteiger partial charge >= 0.3 is 0 Å². The third-order valence-corrected chi connectivity index (χ3v) is 4.57. The lowest BCUT2D eigenvalue weighted by Crippen LogP contribution is -2.24. The molecule has 0 amide bonds. The molecular weight excluding hydrogens is 224 g/mol. The van der Waals surface area contributed by atoms with Crippen LogP contribution in [0.2, 0.25) is 0 Å². The zero-order valence-electron chi connectivity index (χ0n) is 10.6. The van der Waals surface area contributed by atoms with Crippen LogP contribution in [0.3, 0.4) is 0 Å². The third kappa shape index (κ3) is 2.10. The molecular formula is C16H20O2. The van der Waals surface area contributed by atoms with E-state index >= 15 is 0 Å². The van der Waals surface area contributed by atoms with Crippen LogP contribution in [0.5, 0.6) is 0 Å². The van der Waals surface area contributed by atoms with Crippen LogP contribution in [0, 0.1) is 5.92 Å². The summed E-state index contributed by atoms with van der Waals surface area (Å²) >= 11 is 0. The van der Waals surface area contributed by atoms with Crippen LogP contribution >= 0.6 is 0 Å². The third-order valence-electron chi connectivity index (χ3n) is 4.57. The number of rotatable bonds is 2. The first-order valence-corrected chi connectivity index (χ1v) is 7.04. The van der Waals surface area contributed by atoms with E-state index in [0.29, 0.717) is 5.78 Å². The Morgan fingerprint density at radius 1 is 1.22 bits per heavy atom. The van der Waals surface area contributed by atoms with Crippen molar-refractivity contribution in [1.29, 1.82) is 0 Å². The fourth-order valence-corrected chi connectivity index (χ4v) is 3.55. The summed E-state index contributed by atoms with van der Waals surface area (Å²) in [7, 11) is 0. The monoisotopic (exact) mass is 244 g/mol. The van der Waals surface area contributed by atoms with E-state index in [0.717, 1.165) is 32.1 Å². The summed E-state index contributed by atoms with van der Waals surface area (Å²) in [6.45, 7) is 0. The molecule has 2 aliphatic rings. The lowest BCUT2D eigenvalue weighted by molar-refractivity contribution is -0.125. The second-order valence-electron chi connectivity index (χ2n) is 5.72. The van der Waals surface area contributed by atoms with Gasteiger partial charge in [0.1, 0.15) is 5.78 Å². The molecule has 0 heterocycles. The van der Waals surface area contributed by atoms with E-state index in [1.54, 1.807) is 0 Å². The Morgan fingerprint density at radius 2 is 2.06 bits per heavy atom. The Kier molecular flexibility index (Phi) is 3.21. The zero-order chi connectivity index (χ0) is 12.5. The van der Waals surface area contributed by atoms with Gasteiger partial charge in [-0.1, -0.05) is 30.7 Å². The van der Waals surface area contributed by atoms with E-state index in [-0.39, 0.29) is 17.9 Å². The normalized spacial score (nSPS) is 31.4. The Hall–Kier alpha value is -1.15. The molecule has 0 spiro atoms. The van der Waals surface area contributed by atoms with Gasteiger partial charge in [0.25, 0.3) is 0 Å². The minimum Gasteiger partial charge on any atom is -0.392 e. The molecule has 0 radical (unpaired) electrons. The van der Waals surface area contributed by atoms with Crippen molar-refractivity contribution in [2.45, 2.75) is 50.5 Å². The molecule has 96 valence electrons. The lowest BCUT2D eigenvalue weighted by atomic mass is 9.79. The van der Waals surface area contributed by atoms with Gasteiger partial charge in [-0.25, -0.2) is 0 Å². The number of aliphatic hydroxyl groups excluding tert-OH is 1. The van der Waals surface area contributed by atoms with E-state index in [2.05, 4.69) is 12.1 Å². The number of benzene rings is 1. The highest BCUT2D eigenvalue weighted by Crippen LogP contribution is 2.39. The average Bonchev–Trinajstić information content (AvgIpc) is 2.69. The van der Waals surface area contributed by atoms with Gasteiger partial charge in [-0.15, -0.1) is 0 Å². The van der Waals surface area contributed by atoms with Gasteiger partial charge in [0.2, 0.25) is 0 Å². The molecule has 2 heteroatoms. The first kappa shape index (κ1) is 11.9. The Bertz CT molecular complexity index is 452. The maximum Gasteiger partial charge on any atom is 0.135 e. The summed E-state index contributed by atoms with van der Waals surface area (Å²) in [5, 5.41) is 10.2. The minimum absolute atomic E-state index is 0.174. The summed E-state index contributed by atoms with van der Waals surface area (Å²) in [5.41, 5.74) is 2.53. The number of fused-ring (bicyclic) bond motifs is 1. The SMILES string of the molecule is O=C1CCCCC1C[C@H]1c2ccccc2C[C@H]1O.